The van der Waals surface area contributed by atoms with E-state index in [1.165, 1.54) is 5.56 Å². The summed E-state index contributed by atoms with van der Waals surface area (Å²) >= 11 is 0. The van der Waals surface area contributed by atoms with Crippen LogP contribution in [0.2, 0.25) is 0 Å². The second-order valence-electron chi connectivity index (χ2n) is 7.90. The molecule has 0 radical (unpaired) electrons. The summed E-state index contributed by atoms with van der Waals surface area (Å²) in [4.78, 5) is 11.2. The van der Waals surface area contributed by atoms with Crippen LogP contribution in [0.4, 0.5) is 0 Å². The molecule has 0 aliphatic rings. The number of hydrogen-bond acceptors (Lipinski definition) is 5. The van der Waals surface area contributed by atoms with E-state index in [9.17, 15) is 0 Å². The summed E-state index contributed by atoms with van der Waals surface area (Å²) in [7, 11) is 1.93. The van der Waals surface area contributed by atoms with E-state index in [2.05, 4.69) is 59.4 Å². The van der Waals surface area contributed by atoms with Crippen molar-refractivity contribution in [3.63, 3.8) is 0 Å². The highest BCUT2D eigenvalue weighted by Crippen LogP contribution is 2.28. The Labute approximate surface area is 180 Å². The van der Waals surface area contributed by atoms with Gasteiger partial charge in [0.15, 0.2) is 5.82 Å². The van der Waals surface area contributed by atoms with Gasteiger partial charge in [-0.1, -0.05) is 50.2 Å². The van der Waals surface area contributed by atoms with Gasteiger partial charge in [0.2, 0.25) is 0 Å². The van der Waals surface area contributed by atoms with Crippen molar-refractivity contribution in [1.82, 2.24) is 34.7 Å². The summed E-state index contributed by atoms with van der Waals surface area (Å²) < 4.78 is 1.85. The molecule has 0 saturated heterocycles. The highest BCUT2D eigenvalue weighted by atomic mass is 15.5. The molecule has 5 rings (SSSR count). The first-order chi connectivity index (χ1) is 15.1. The molecule has 0 spiro atoms. The number of rotatable bonds is 5. The maximum atomic E-state index is 4.95. The minimum absolute atomic E-state index is 0.395. The first-order valence-electron chi connectivity index (χ1n) is 10.3. The third kappa shape index (κ3) is 3.59. The minimum atomic E-state index is 0.395. The summed E-state index contributed by atoms with van der Waals surface area (Å²) in [6.07, 6.45) is 5.90. The maximum absolute atomic E-state index is 4.95. The van der Waals surface area contributed by atoms with Crippen LogP contribution in [0.25, 0.3) is 28.1 Å². The van der Waals surface area contributed by atoms with E-state index >= 15 is 0 Å². The standard InChI is InChI=1S/C24H23N7/c1-16(2)19-6-4-5-7-20(19)24-25-15-22-23(28-24)21(29-30(22)3)14-17-8-10-18(11-9-17)31-26-12-13-27-31/h4-13,15-16H,14H2,1-3H3. The number of hydrogen-bond donors (Lipinski definition) is 0. The van der Waals surface area contributed by atoms with Crippen LogP contribution >= 0.6 is 0 Å². The Morgan fingerprint density at radius 1 is 0.935 bits per heavy atom. The molecule has 7 nitrogen and oxygen atoms in total. The normalized spacial score (nSPS) is 11.5. The van der Waals surface area contributed by atoms with Crippen molar-refractivity contribution in [2.24, 2.45) is 7.05 Å². The van der Waals surface area contributed by atoms with E-state index in [1.54, 1.807) is 17.2 Å². The zero-order valence-electron chi connectivity index (χ0n) is 17.8. The SMILES string of the molecule is CC(C)c1ccccc1-c1ncc2c(n1)c(Cc1ccc(-n3nccn3)cc1)nn2C. The molecule has 3 aromatic heterocycles. The molecule has 0 unspecified atom stereocenters. The van der Waals surface area contributed by atoms with E-state index < -0.39 is 0 Å². The third-order valence-corrected chi connectivity index (χ3v) is 5.44. The van der Waals surface area contributed by atoms with Crippen LogP contribution in [-0.2, 0) is 13.5 Å². The Morgan fingerprint density at radius 2 is 1.68 bits per heavy atom. The third-order valence-electron chi connectivity index (χ3n) is 5.44. The average molecular weight is 409 g/mol. The quantitative estimate of drug-likeness (QED) is 0.432. The summed E-state index contributed by atoms with van der Waals surface area (Å²) in [6.45, 7) is 4.38. The number of aryl methyl sites for hydroxylation is 1. The van der Waals surface area contributed by atoms with Gasteiger partial charge in [0.05, 0.1) is 30.0 Å². The molecule has 154 valence electrons. The van der Waals surface area contributed by atoms with Gasteiger partial charge in [0.25, 0.3) is 0 Å². The molecule has 0 aliphatic heterocycles. The van der Waals surface area contributed by atoms with Crippen LogP contribution in [0.3, 0.4) is 0 Å². The minimum Gasteiger partial charge on any atom is -0.264 e. The van der Waals surface area contributed by atoms with Gasteiger partial charge < -0.3 is 0 Å². The first-order valence-corrected chi connectivity index (χ1v) is 10.3. The zero-order valence-corrected chi connectivity index (χ0v) is 17.8. The van der Waals surface area contributed by atoms with Crippen molar-refractivity contribution < 1.29 is 0 Å². The summed E-state index contributed by atoms with van der Waals surface area (Å²) in [5.74, 6) is 1.14. The highest BCUT2D eigenvalue weighted by molar-refractivity contribution is 5.79. The van der Waals surface area contributed by atoms with Crippen LogP contribution in [0.5, 0.6) is 0 Å². The Bertz CT molecular complexity index is 1330. The molecule has 7 heteroatoms. The average Bonchev–Trinajstić information content (AvgIpc) is 3.43. The van der Waals surface area contributed by atoms with Gasteiger partial charge >= 0.3 is 0 Å². The van der Waals surface area contributed by atoms with E-state index in [0.717, 1.165) is 39.4 Å². The van der Waals surface area contributed by atoms with Crippen LogP contribution in [0.15, 0.2) is 67.1 Å². The van der Waals surface area contributed by atoms with Gasteiger partial charge in [-0.25, -0.2) is 9.97 Å². The number of fused-ring (bicyclic) bond motifs is 1. The van der Waals surface area contributed by atoms with E-state index in [-0.39, 0.29) is 0 Å². The second kappa shape index (κ2) is 7.75. The molecular formula is C24H23N7. The predicted octanol–water partition coefficient (Wildman–Crippen LogP) is 4.33. The summed E-state index contributed by atoms with van der Waals surface area (Å²) in [5.41, 5.74) is 7.16. The highest BCUT2D eigenvalue weighted by Gasteiger charge is 2.16. The number of benzene rings is 2. The fourth-order valence-corrected chi connectivity index (χ4v) is 3.85. The Balaban J connectivity index is 1.52. The second-order valence-corrected chi connectivity index (χ2v) is 7.90. The smallest absolute Gasteiger partial charge is 0.160 e. The molecule has 0 atom stereocenters. The fourth-order valence-electron chi connectivity index (χ4n) is 3.85. The molecule has 3 heterocycles. The van der Waals surface area contributed by atoms with Crippen LogP contribution in [-0.4, -0.2) is 34.7 Å². The number of nitrogens with zero attached hydrogens (tertiary/aromatic N) is 7. The molecule has 0 bridgehead atoms. The van der Waals surface area contributed by atoms with E-state index in [1.807, 2.05) is 36.1 Å². The predicted molar refractivity (Wildman–Crippen MR) is 120 cm³/mol. The van der Waals surface area contributed by atoms with E-state index in [4.69, 9.17) is 10.1 Å². The molecule has 0 amide bonds. The van der Waals surface area contributed by atoms with Crippen molar-refractivity contribution >= 4 is 11.0 Å². The molecule has 2 aromatic carbocycles. The van der Waals surface area contributed by atoms with Crippen LogP contribution in [0.1, 0.15) is 36.6 Å². The largest absolute Gasteiger partial charge is 0.264 e. The molecule has 0 aliphatic carbocycles. The van der Waals surface area contributed by atoms with Gasteiger partial charge in [-0.15, -0.1) is 0 Å². The first kappa shape index (κ1) is 19.1. The summed E-state index contributed by atoms with van der Waals surface area (Å²) in [6, 6.07) is 16.5. The molecule has 0 saturated carbocycles. The lowest BCUT2D eigenvalue weighted by molar-refractivity contribution is 0.751. The Kier molecular flexibility index (Phi) is 4.78. The summed E-state index contributed by atoms with van der Waals surface area (Å²) in [5, 5.41) is 13.1. The van der Waals surface area contributed by atoms with Gasteiger partial charge in [-0.05, 0) is 29.2 Å². The van der Waals surface area contributed by atoms with Crippen molar-refractivity contribution in [2.75, 3.05) is 0 Å². The molecule has 0 fully saturated rings. The van der Waals surface area contributed by atoms with Crippen LogP contribution < -0.4 is 0 Å². The lowest BCUT2D eigenvalue weighted by Crippen LogP contribution is -1.99. The fraction of sp³-hybridized carbons (Fsp3) is 0.208. The molecule has 0 N–H and O–H groups in total. The lowest BCUT2D eigenvalue weighted by Gasteiger charge is -2.11. The van der Waals surface area contributed by atoms with Gasteiger partial charge in [-0.2, -0.15) is 20.1 Å². The van der Waals surface area contributed by atoms with Crippen molar-refractivity contribution in [3.8, 4) is 17.1 Å². The molecular weight excluding hydrogens is 386 g/mol. The van der Waals surface area contributed by atoms with Crippen molar-refractivity contribution in [1.29, 1.82) is 0 Å². The monoisotopic (exact) mass is 409 g/mol. The van der Waals surface area contributed by atoms with E-state index in [0.29, 0.717) is 12.3 Å². The van der Waals surface area contributed by atoms with Gasteiger partial charge in [0, 0.05) is 19.0 Å². The van der Waals surface area contributed by atoms with Crippen molar-refractivity contribution in [3.05, 3.63) is 83.9 Å². The molecule has 5 aromatic rings. The topological polar surface area (TPSA) is 74.3 Å². The zero-order chi connectivity index (χ0) is 21.4. The molecule has 31 heavy (non-hydrogen) atoms. The van der Waals surface area contributed by atoms with Crippen molar-refractivity contribution in [2.45, 2.75) is 26.2 Å². The van der Waals surface area contributed by atoms with Gasteiger partial charge in [-0.3, -0.25) is 4.68 Å². The van der Waals surface area contributed by atoms with Gasteiger partial charge in [0.1, 0.15) is 11.0 Å². The lowest BCUT2D eigenvalue weighted by atomic mass is 9.97. The van der Waals surface area contributed by atoms with Crippen LogP contribution in [0, 0.1) is 0 Å². The maximum Gasteiger partial charge on any atom is 0.160 e. The number of aromatic nitrogens is 7. The Hall–Kier alpha value is -3.87. The Morgan fingerprint density at radius 3 is 2.42 bits per heavy atom.